The van der Waals surface area contributed by atoms with Gasteiger partial charge in [0.25, 0.3) is 0 Å². The van der Waals surface area contributed by atoms with Crippen LogP contribution >= 0.6 is 11.3 Å². The fraction of sp³-hybridized carbons (Fsp3) is 0.583. The Bertz CT molecular complexity index is 382. The second kappa shape index (κ2) is 4.55. The van der Waals surface area contributed by atoms with E-state index in [-0.39, 0.29) is 0 Å². The number of thiophene rings is 1. The SMILES string of the molecule is CC1(CNCc2cc(C(=O)O)cs2)CCC1. The van der Waals surface area contributed by atoms with Crippen LogP contribution in [0.3, 0.4) is 0 Å². The zero-order valence-electron chi connectivity index (χ0n) is 9.45. The number of hydrogen-bond acceptors (Lipinski definition) is 3. The van der Waals surface area contributed by atoms with Gasteiger partial charge < -0.3 is 10.4 Å². The Labute approximate surface area is 99.5 Å². The van der Waals surface area contributed by atoms with Crippen LogP contribution in [0.25, 0.3) is 0 Å². The van der Waals surface area contributed by atoms with E-state index in [9.17, 15) is 4.79 Å². The Morgan fingerprint density at radius 2 is 2.38 bits per heavy atom. The predicted molar refractivity (Wildman–Crippen MR) is 64.9 cm³/mol. The lowest BCUT2D eigenvalue weighted by atomic mass is 9.70. The topological polar surface area (TPSA) is 49.3 Å². The van der Waals surface area contributed by atoms with Crippen molar-refractivity contribution in [2.45, 2.75) is 32.7 Å². The van der Waals surface area contributed by atoms with Gasteiger partial charge in [0.2, 0.25) is 0 Å². The van der Waals surface area contributed by atoms with Crippen LogP contribution < -0.4 is 5.32 Å². The minimum absolute atomic E-state index is 0.400. The molecule has 2 rings (SSSR count). The van der Waals surface area contributed by atoms with Gasteiger partial charge in [0, 0.05) is 23.3 Å². The maximum atomic E-state index is 10.7. The highest BCUT2D eigenvalue weighted by Crippen LogP contribution is 2.39. The molecule has 1 saturated carbocycles. The van der Waals surface area contributed by atoms with Crippen LogP contribution in [0.15, 0.2) is 11.4 Å². The van der Waals surface area contributed by atoms with Crippen molar-refractivity contribution in [2.24, 2.45) is 5.41 Å². The van der Waals surface area contributed by atoms with E-state index >= 15 is 0 Å². The number of carbonyl (C=O) groups is 1. The van der Waals surface area contributed by atoms with E-state index in [1.54, 1.807) is 11.4 Å². The number of aromatic carboxylic acids is 1. The molecule has 0 amide bonds. The Hall–Kier alpha value is -0.870. The van der Waals surface area contributed by atoms with E-state index in [4.69, 9.17) is 5.11 Å². The average molecular weight is 239 g/mol. The smallest absolute Gasteiger partial charge is 0.336 e. The van der Waals surface area contributed by atoms with Crippen LogP contribution in [-0.2, 0) is 6.54 Å². The first-order valence-corrected chi connectivity index (χ1v) is 6.48. The summed E-state index contributed by atoms with van der Waals surface area (Å²) in [5, 5.41) is 13.9. The number of carboxylic acid groups (broad SMARTS) is 1. The standard InChI is InChI=1S/C12H17NO2S/c1-12(3-2-4-12)8-13-6-10-5-9(7-16-10)11(14)15/h5,7,13H,2-4,6,8H2,1H3,(H,14,15). The fourth-order valence-corrected chi connectivity index (χ4v) is 2.86. The quantitative estimate of drug-likeness (QED) is 0.830. The third kappa shape index (κ3) is 2.62. The highest BCUT2D eigenvalue weighted by molar-refractivity contribution is 7.10. The van der Waals surface area contributed by atoms with E-state index in [0.717, 1.165) is 18.0 Å². The second-order valence-corrected chi connectivity index (χ2v) is 5.87. The van der Waals surface area contributed by atoms with Gasteiger partial charge in [-0.2, -0.15) is 0 Å². The minimum atomic E-state index is -0.839. The summed E-state index contributed by atoms with van der Waals surface area (Å²) in [6, 6.07) is 1.75. The van der Waals surface area contributed by atoms with Crippen molar-refractivity contribution in [2.75, 3.05) is 6.54 Å². The summed E-state index contributed by atoms with van der Waals surface area (Å²) in [5.41, 5.74) is 0.879. The molecule has 1 aliphatic rings. The number of nitrogens with one attached hydrogen (secondary N) is 1. The maximum Gasteiger partial charge on any atom is 0.336 e. The minimum Gasteiger partial charge on any atom is -0.478 e. The molecule has 0 aliphatic heterocycles. The van der Waals surface area contributed by atoms with Gasteiger partial charge in [-0.1, -0.05) is 13.3 Å². The first-order chi connectivity index (χ1) is 7.59. The van der Waals surface area contributed by atoms with Crippen molar-refractivity contribution in [3.8, 4) is 0 Å². The Morgan fingerprint density at radius 3 is 2.88 bits per heavy atom. The maximum absolute atomic E-state index is 10.7. The van der Waals surface area contributed by atoms with Gasteiger partial charge in [-0.25, -0.2) is 4.79 Å². The van der Waals surface area contributed by atoms with Gasteiger partial charge in [0.1, 0.15) is 0 Å². The van der Waals surface area contributed by atoms with Gasteiger partial charge in [-0.15, -0.1) is 11.3 Å². The molecule has 0 radical (unpaired) electrons. The van der Waals surface area contributed by atoms with Crippen molar-refractivity contribution >= 4 is 17.3 Å². The highest BCUT2D eigenvalue weighted by Gasteiger charge is 2.30. The van der Waals surface area contributed by atoms with Crippen molar-refractivity contribution in [1.82, 2.24) is 5.32 Å². The van der Waals surface area contributed by atoms with Crippen LogP contribution in [0.5, 0.6) is 0 Å². The number of rotatable bonds is 5. The first kappa shape index (κ1) is 11.6. The summed E-state index contributed by atoms with van der Waals surface area (Å²) >= 11 is 1.51. The van der Waals surface area contributed by atoms with Gasteiger partial charge in [0.15, 0.2) is 0 Å². The molecular weight excluding hydrogens is 222 g/mol. The molecule has 3 nitrogen and oxygen atoms in total. The largest absolute Gasteiger partial charge is 0.478 e. The lowest BCUT2D eigenvalue weighted by molar-refractivity contribution is 0.0697. The lowest BCUT2D eigenvalue weighted by Gasteiger charge is -2.38. The summed E-state index contributed by atoms with van der Waals surface area (Å²) in [5.74, 6) is -0.839. The van der Waals surface area contributed by atoms with Crippen LogP contribution in [0.4, 0.5) is 0 Å². The third-order valence-electron chi connectivity index (χ3n) is 3.31. The molecule has 0 aromatic carbocycles. The Morgan fingerprint density at radius 1 is 1.62 bits per heavy atom. The summed E-state index contributed by atoms with van der Waals surface area (Å²) in [6.07, 6.45) is 3.97. The molecule has 0 spiro atoms. The second-order valence-electron chi connectivity index (χ2n) is 4.87. The summed E-state index contributed by atoms with van der Waals surface area (Å²) in [6.45, 7) is 4.13. The molecule has 0 unspecified atom stereocenters. The average Bonchev–Trinajstić information content (AvgIpc) is 2.64. The molecule has 1 aromatic heterocycles. The van der Waals surface area contributed by atoms with Gasteiger partial charge in [-0.3, -0.25) is 0 Å². The molecule has 4 heteroatoms. The zero-order chi connectivity index (χ0) is 11.6. The first-order valence-electron chi connectivity index (χ1n) is 5.60. The van der Waals surface area contributed by atoms with E-state index in [1.165, 1.54) is 30.6 Å². The molecule has 88 valence electrons. The van der Waals surface area contributed by atoms with Crippen molar-refractivity contribution in [3.05, 3.63) is 21.9 Å². The van der Waals surface area contributed by atoms with Crippen LogP contribution in [0.2, 0.25) is 0 Å². The van der Waals surface area contributed by atoms with Crippen molar-refractivity contribution in [1.29, 1.82) is 0 Å². The monoisotopic (exact) mass is 239 g/mol. The zero-order valence-corrected chi connectivity index (χ0v) is 10.3. The molecule has 1 heterocycles. The third-order valence-corrected chi connectivity index (χ3v) is 4.25. The molecule has 2 N–H and O–H groups in total. The molecular formula is C12H17NO2S. The number of carboxylic acids is 1. The van der Waals surface area contributed by atoms with Gasteiger partial charge in [0.05, 0.1) is 5.56 Å². The van der Waals surface area contributed by atoms with Crippen molar-refractivity contribution in [3.63, 3.8) is 0 Å². The summed E-state index contributed by atoms with van der Waals surface area (Å²) < 4.78 is 0. The molecule has 1 aromatic rings. The summed E-state index contributed by atoms with van der Waals surface area (Å²) in [7, 11) is 0. The van der Waals surface area contributed by atoms with Gasteiger partial charge in [-0.05, 0) is 24.3 Å². The predicted octanol–water partition coefficient (Wildman–Crippen LogP) is 2.73. The lowest BCUT2D eigenvalue weighted by Crippen LogP contribution is -2.36. The van der Waals surface area contributed by atoms with Crippen molar-refractivity contribution < 1.29 is 9.90 Å². The normalized spacial score (nSPS) is 18.1. The molecule has 0 bridgehead atoms. The fourth-order valence-electron chi connectivity index (χ4n) is 2.03. The highest BCUT2D eigenvalue weighted by atomic mass is 32.1. The van der Waals surface area contributed by atoms with Crippen LogP contribution in [0.1, 0.15) is 41.4 Å². The van der Waals surface area contributed by atoms with E-state index < -0.39 is 5.97 Å². The summed E-state index contributed by atoms with van der Waals surface area (Å²) in [4.78, 5) is 11.8. The molecule has 16 heavy (non-hydrogen) atoms. The van der Waals surface area contributed by atoms with E-state index in [0.29, 0.717) is 11.0 Å². The van der Waals surface area contributed by atoms with E-state index in [2.05, 4.69) is 12.2 Å². The molecule has 0 saturated heterocycles. The number of hydrogen-bond donors (Lipinski definition) is 2. The van der Waals surface area contributed by atoms with Gasteiger partial charge >= 0.3 is 5.97 Å². The molecule has 0 atom stereocenters. The van der Waals surface area contributed by atoms with E-state index in [1.807, 2.05) is 0 Å². The Kier molecular flexibility index (Phi) is 3.30. The Balaban J connectivity index is 1.78. The van der Waals surface area contributed by atoms with Crippen LogP contribution in [0, 0.1) is 5.41 Å². The molecule has 1 fully saturated rings. The molecule has 1 aliphatic carbocycles. The van der Waals surface area contributed by atoms with Crippen LogP contribution in [-0.4, -0.2) is 17.6 Å².